The monoisotopic (exact) mass is 441 g/mol. The number of rotatable bonds is 4. The maximum atomic E-state index is 12.9. The highest BCUT2D eigenvalue weighted by molar-refractivity contribution is 7.17. The minimum atomic E-state index is -0.228. The SMILES string of the molecule is Cc1nc(-c2c(C)c(C)nn(C)c2=O)sc1C(=O)NCc1noc2c1CC(C)(C)CC2. The first-order valence-corrected chi connectivity index (χ1v) is 11.2. The van der Waals surface area contributed by atoms with E-state index < -0.39 is 0 Å². The summed E-state index contributed by atoms with van der Waals surface area (Å²) in [5, 5.41) is 11.9. The summed E-state index contributed by atoms with van der Waals surface area (Å²) < 4.78 is 6.81. The average Bonchev–Trinajstić information content (AvgIpc) is 3.27. The Labute approximate surface area is 184 Å². The highest BCUT2D eigenvalue weighted by atomic mass is 32.1. The maximum absolute atomic E-state index is 12.9. The summed E-state index contributed by atoms with van der Waals surface area (Å²) in [6.07, 6.45) is 2.84. The molecule has 9 heteroatoms. The summed E-state index contributed by atoms with van der Waals surface area (Å²) >= 11 is 1.22. The molecule has 164 valence electrons. The number of aromatic nitrogens is 4. The van der Waals surface area contributed by atoms with Crippen LogP contribution in [0.5, 0.6) is 0 Å². The molecule has 0 aliphatic heterocycles. The van der Waals surface area contributed by atoms with E-state index in [-0.39, 0.29) is 16.9 Å². The number of carbonyl (C=O) groups excluding carboxylic acids is 1. The lowest BCUT2D eigenvalue weighted by atomic mass is 9.76. The number of nitrogens with zero attached hydrogens (tertiary/aromatic N) is 4. The normalized spacial score (nSPS) is 15.0. The molecule has 0 atom stereocenters. The topological polar surface area (TPSA) is 103 Å². The fourth-order valence-corrected chi connectivity index (χ4v) is 5.07. The molecule has 0 fully saturated rings. The van der Waals surface area contributed by atoms with Gasteiger partial charge in [-0.3, -0.25) is 9.59 Å². The van der Waals surface area contributed by atoms with E-state index in [1.807, 2.05) is 13.8 Å². The molecule has 0 saturated carbocycles. The van der Waals surface area contributed by atoms with Crippen LogP contribution in [-0.2, 0) is 26.4 Å². The Hall–Kier alpha value is -2.81. The quantitative estimate of drug-likeness (QED) is 0.667. The van der Waals surface area contributed by atoms with Gasteiger partial charge in [0.15, 0.2) is 0 Å². The number of hydrogen-bond acceptors (Lipinski definition) is 7. The van der Waals surface area contributed by atoms with Crippen LogP contribution < -0.4 is 10.9 Å². The van der Waals surface area contributed by atoms with E-state index >= 15 is 0 Å². The van der Waals surface area contributed by atoms with E-state index in [1.165, 1.54) is 16.0 Å². The summed E-state index contributed by atoms with van der Waals surface area (Å²) in [6, 6.07) is 0. The minimum absolute atomic E-state index is 0.202. The second-order valence-electron chi connectivity index (χ2n) is 9.00. The number of fused-ring (bicyclic) bond motifs is 1. The molecule has 1 amide bonds. The summed E-state index contributed by atoms with van der Waals surface area (Å²) in [6.45, 7) is 10.3. The summed E-state index contributed by atoms with van der Waals surface area (Å²) in [5.41, 5.74) is 4.51. The van der Waals surface area contributed by atoms with Crippen molar-refractivity contribution in [3.63, 3.8) is 0 Å². The Bertz CT molecular complexity index is 1230. The highest BCUT2D eigenvalue weighted by Crippen LogP contribution is 2.36. The Morgan fingerprint density at radius 1 is 1.26 bits per heavy atom. The molecule has 0 saturated heterocycles. The number of aryl methyl sites for hydroxylation is 4. The maximum Gasteiger partial charge on any atom is 0.277 e. The Morgan fingerprint density at radius 2 is 2.00 bits per heavy atom. The first-order valence-electron chi connectivity index (χ1n) is 10.3. The van der Waals surface area contributed by atoms with Gasteiger partial charge >= 0.3 is 0 Å². The summed E-state index contributed by atoms with van der Waals surface area (Å²) in [5.74, 6) is 0.701. The molecular weight excluding hydrogens is 414 g/mol. The molecule has 1 aliphatic rings. The molecule has 8 nitrogen and oxygen atoms in total. The van der Waals surface area contributed by atoms with Crippen molar-refractivity contribution in [1.82, 2.24) is 25.2 Å². The van der Waals surface area contributed by atoms with Gasteiger partial charge in [-0.15, -0.1) is 11.3 Å². The van der Waals surface area contributed by atoms with Gasteiger partial charge in [-0.25, -0.2) is 9.67 Å². The van der Waals surface area contributed by atoms with Crippen LogP contribution in [0.3, 0.4) is 0 Å². The van der Waals surface area contributed by atoms with Crippen LogP contribution in [0.1, 0.15) is 63.9 Å². The lowest BCUT2D eigenvalue weighted by molar-refractivity contribution is 0.0953. The van der Waals surface area contributed by atoms with Gasteiger partial charge in [0.25, 0.3) is 11.5 Å². The molecule has 0 bridgehead atoms. The zero-order valence-electron chi connectivity index (χ0n) is 18.8. The predicted molar refractivity (Wildman–Crippen MR) is 118 cm³/mol. The zero-order valence-corrected chi connectivity index (χ0v) is 19.6. The van der Waals surface area contributed by atoms with Crippen LogP contribution in [0.4, 0.5) is 0 Å². The molecule has 4 rings (SSSR count). The molecule has 0 radical (unpaired) electrons. The van der Waals surface area contributed by atoms with E-state index in [0.29, 0.717) is 27.7 Å². The Kier molecular flexibility index (Phi) is 5.33. The third-order valence-corrected chi connectivity index (χ3v) is 7.17. The van der Waals surface area contributed by atoms with Crippen molar-refractivity contribution >= 4 is 17.2 Å². The van der Waals surface area contributed by atoms with Gasteiger partial charge < -0.3 is 9.84 Å². The van der Waals surface area contributed by atoms with Crippen molar-refractivity contribution in [3.8, 4) is 10.6 Å². The molecule has 3 aromatic heterocycles. The number of nitrogens with one attached hydrogen (secondary N) is 1. The van der Waals surface area contributed by atoms with Crippen LogP contribution in [-0.4, -0.2) is 25.8 Å². The van der Waals surface area contributed by atoms with Gasteiger partial charge in [-0.1, -0.05) is 19.0 Å². The van der Waals surface area contributed by atoms with Gasteiger partial charge in [-0.05, 0) is 44.6 Å². The van der Waals surface area contributed by atoms with Crippen molar-refractivity contribution in [2.24, 2.45) is 12.5 Å². The molecule has 0 spiro atoms. The zero-order chi connectivity index (χ0) is 22.5. The number of thiazole rings is 1. The van der Waals surface area contributed by atoms with Crippen molar-refractivity contribution in [2.75, 3.05) is 0 Å². The van der Waals surface area contributed by atoms with Crippen LogP contribution in [0.15, 0.2) is 9.32 Å². The highest BCUT2D eigenvalue weighted by Gasteiger charge is 2.31. The Morgan fingerprint density at radius 3 is 2.74 bits per heavy atom. The molecule has 31 heavy (non-hydrogen) atoms. The van der Waals surface area contributed by atoms with Crippen LogP contribution in [0.25, 0.3) is 10.6 Å². The third kappa shape index (κ3) is 3.94. The molecule has 0 aromatic carbocycles. The van der Waals surface area contributed by atoms with Crippen molar-refractivity contribution < 1.29 is 9.32 Å². The number of carbonyl (C=O) groups is 1. The molecule has 1 aliphatic carbocycles. The number of hydrogen-bond donors (Lipinski definition) is 1. The summed E-state index contributed by atoms with van der Waals surface area (Å²) in [7, 11) is 1.62. The predicted octanol–water partition coefficient (Wildman–Crippen LogP) is 3.26. The standard InChI is InChI=1S/C22H27N5O3S/c1-11-12(2)25-27(6)21(29)17(11)20-24-13(3)18(31-20)19(28)23-10-15-14-9-22(4,5)8-7-16(14)30-26-15/h7-10H2,1-6H3,(H,23,28). The van der Waals surface area contributed by atoms with E-state index in [4.69, 9.17) is 4.52 Å². The van der Waals surface area contributed by atoms with E-state index in [2.05, 4.69) is 34.4 Å². The van der Waals surface area contributed by atoms with Gasteiger partial charge in [0.1, 0.15) is 21.3 Å². The van der Waals surface area contributed by atoms with E-state index in [1.54, 1.807) is 14.0 Å². The number of amides is 1. The van der Waals surface area contributed by atoms with Crippen LogP contribution >= 0.6 is 11.3 Å². The lowest BCUT2D eigenvalue weighted by Gasteiger charge is -2.28. The molecular formula is C22H27N5O3S. The van der Waals surface area contributed by atoms with Crippen molar-refractivity contribution in [3.05, 3.63) is 49.2 Å². The van der Waals surface area contributed by atoms with Gasteiger partial charge in [0, 0.05) is 19.0 Å². The lowest BCUT2D eigenvalue weighted by Crippen LogP contribution is -2.26. The Balaban J connectivity index is 1.57. The van der Waals surface area contributed by atoms with E-state index in [9.17, 15) is 9.59 Å². The molecule has 1 N–H and O–H groups in total. The fourth-order valence-electron chi connectivity index (χ4n) is 3.99. The van der Waals surface area contributed by atoms with Crippen LogP contribution in [0, 0.1) is 26.2 Å². The molecule has 3 aromatic rings. The van der Waals surface area contributed by atoms with E-state index in [0.717, 1.165) is 47.5 Å². The largest absolute Gasteiger partial charge is 0.361 e. The van der Waals surface area contributed by atoms with Crippen molar-refractivity contribution in [2.45, 2.75) is 60.4 Å². The summed E-state index contributed by atoms with van der Waals surface area (Å²) in [4.78, 5) is 30.6. The second-order valence-corrected chi connectivity index (χ2v) is 10.0. The van der Waals surface area contributed by atoms with Crippen molar-refractivity contribution in [1.29, 1.82) is 0 Å². The first-order chi connectivity index (χ1) is 14.6. The van der Waals surface area contributed by atoms with Crippen LogP contribution in [0.2, 0.25) is 0 Å². The van der Waals surface area contributed by atoms with Gasteiger partial charge in [-0.2, -0.15) is 5.10 Å². The third-order valence-electron chi connectivity index (χ3n) is 5.99. The second kappa shape index (κ2) is 7.71. The first kappa shape index (κ1) is 21.4. The molecule has 3 heterocycles. The van der Waals surface area contributed by atoms with Gasteiger partial charge in [0.05, 0.1) is 23.5 Å². The fraction of sp³-hybridized carbons (Fsp3) is 0.500. The average molecular weight is 442 g/mol. The molecule has 0 unspecified atom stereocenters. The minimum Gasteiger partial charge on any atom is -0.361 e. The van der Waals surface area contributed by atoms with Gasteiger partial charge in [0.2, 0.25) is 0 Å². The smallest absolute Gasteiger partial charge is 0.277 e.